The molecule has 0 aromatic heterocycles. The van der Waals surface area contributed by atoms with Crippen LogP contribution in [-0.2, 0) is 4.79 Å². The number of hydrogen-bond acceptors (Lipinski definition) is 2. The smallest absolute Gasteiger partial charge is 0.223 e. The van der Waals surface area contributed by atoms with Crippen LogP contribution >= 0.6 is 0 Å². The largest absolute Gasteiger partial charge is 0.353 e. The molecule has 1 aliphatic rings. The van der Waals surface area contributed by atoms with Crippen LogP contribution in [0.2, 0.25) is 0 Å². The van der Waals surface area contributed by atoms with Crippen molar-refractivity contribution >= 4 is 5.91 Å². The van der Waals surface area contributed by atoms with Crippen LogP contribution in [0.4, 0.5) is 0 Å². The van der Waals surface area contributed by atoms with Crippen molar-refractivity contribution in [1.29, 1.82) is 0 Å². The summed E-state index contributed by atoms with van der Waals surface area (Å²) in [5.41, 5.74) is 5.69. The molecule has 1 amide bonds. The summed E-state index contributed by atoms with van der Waals surface area (Å²) in [6.45, 7) is 7.10. The lowest BCUT2D eigenvalue weighted by Crippen LogP contribution is -2.46. The Labute approximate surface area is 99.2 Å². The third-order valence-corrected chi connectivity index (χ3v) is 3.54. The van der Waals surface area contributed by atoms with E-state index >= 15 is 0 Å². The van der Waals surface area contributed by atoms with E-state index in [1.54, 1.807) is 0 Å². The Kier molecular flexibility index (Phi) is 4.78. The van der Waals surface area contributed by atoms with Gasteiger partial charge in [0.1, 0.15) is 0 Å². The van der Waals surface area contributed by atoms with E-state index in [-0.39, 0.29) is 23.3 Å². The van der Waals surface area contributed by atoms with Crippen molar-refractivity contribution in [2.24, 2.45) is 17.1 Å². The fourth-order valence-electron chi connectivity index (χ4n) is 2.37. The Hall–Kier alpha value is -0.570. The molecule has 94 valence electrons. The van der Waals surface area contributed by atoms with E-state index in [9.17, 15) is 4.79 Å². The van der Waals surface area contributed by atoms with Gasteiger partial charge < -0.3 is 11.1 Å². The highest BCUT2D eigenvalue weighted by molar-refractivity contribution is 5.79. The van der Waals surface area contributed by atoms with Gasteiger partial charge in [-0.05, 0) is 31.2 Å². The van der Waals surface area contributed by atoms with Gasteiger partial charge in [-0.15, -0.1) is 0 Å². The third kappa shape index (κ3) is 3.78. The first-order valence-corrected chi connectivity index (χ1v) is 6.45. The van der Waals surface area contributed by atoms with Crippen LogP contribution in [0.3, 0.4) is 0 Å². The van der Waals surface area contributed by atoms with E-state index in [1.165, 1.54) is 12.8 Å². The Morgan fingerprint density at radius 1 is 1.38 bits per heavy atom. The molecule has 0 saturated heterocycles. The summed E-state index contributed by atoms with van der Waals surface area (Å²) in [6.07, 6.45) is 5.39. The molecule has 1 atom stereocenters. The first kappa shape index (κ1) is 13.5. The predicted molar refractivity (Wildman–Crippen MR) is 67.0 cm³/mol. The van der Waals surface area contributed by atoms with Crippen molar-refractivity contribution in [3.05, 3.63) is 0 Å². The Balaban J connectivity index is 2.50. The van der Waals surface area contributed by atoms with Crippen LogP contribution in [0.1, 0.15) is 52.9 Å². The van der Waals surface area contributed by atoms with E-state index < -0.39 is 0 Å². The lowest BCUT2D eigenvalue weighted by molar-refractivity contribution is -0.126. The van der Waals surface area contributed by atoms with Gasteiger partial charge in [0.2, 0.25) is 5.91 Å². The molecule has 0 radical (unpaired) electrons. The highest BCUT2D eigenvalue weighted by Gasteiger charge is 2.29. The second-order valence-corrected chi connectivity index (χ2v) is 5.99. The van der Waals surface area contributed by atoms with Crippen molar-refractivity contribution in [3.8, 4) is 0 Å². The zero-order valence-electron chi connectivity index (χ0n) is 10.9. The molecule has 3 heteroatoms. The minimum absolute atomic E-state index is 0.0909. The molecular formula is C13H26N2O. The molecule has 3 nitrogen and oxygen atoms in total. The van der Waals surface area contributed by atoms with Crippen molar-refractivity contribution in [3.63, 3.8) is 0 Å². The minimum atomic E-state index is 0.0909. The maximum atomic E-state index is 12.0. The van der Waals surface area contributed by atoms with Crippen LogP contribution in [0, 0.1) is 11.3 Å². The molecule has 1 unspecified atom stereocenters. The molecule has 1 saturated carbocycles. The number of carbonyl (C=O) groups is 1. The predicted octanol–water partition coefficient (Wildman–Crippen LogP) is 2.06. The fourth-order valence-corrected chi connectivity index (χ4v) is 2.37. The van der Waals surface area contributed by atoms with E-state index in [0.717, 1.165) is 19.3 Å². The van der Waals surface area contributed by atoms with E-state index in [1.807, 2.05) is 0 Å². The number of rotatable bonds is 4. The van der Waals surface area contributed by atoms with Gasteiger partial charge in [-0.3, -0.25) is 4.79 Å². The standard InChI is InChI=1S/C13H26N2O/c1-13(2,3)11(8-9-14)15-12(16)10-6-4-5-7-10/h10-11H,4-9,14H2,1-3H3,(H,15,16). The first-order valence-electron chi connectivity index (χ1n) is 6.45. The van der Waals surface area contributed by atoms with E-state index in [0.29, 0.717) is 6.54 Å². The van der Waals surface area contributed by atoms with Crippen LogP contribution in [0.5, 0.6) is 0 Å². The molecule has 0 aromatic rings. The number of carbonyl (C=O) groups excluding carboxylic acids is 1. The molecule has 0 aliphatic heterocycles. The number of nitrogens with one attached hydrogen (secondary N) is 1. The summed E-state index contributed by atoms with van der Waals surface area (Å²) < 4.78 is 0. The van der Waals surface area contributed by atoms with Gasteiger partial charge in [-0.1, -0.05) is 33.6 Å². The maximum Gasteiger partial charge on any atom is 0.223 e. The lowest BCUT2D eigenvalue weighted by Gasteiger charge is -2.32. The molecule has 3 N–H and O–H groups in total. The Morgan fingerprint density at radius 3 is 2.38 bits per heavy atom. The minimum Gasteiger partial charge on any atom is -0.353 e. The molecular weight excluding hydrogens is 200 g/mol. The third-order valence-electron chi connectivity index (χ3n) is 3.54. The van der Waals surface area contributed by atoms with Gasteiger partial charge in [-0.2, -0.15) is 0 Å². The zero-order chi connectivity index (χ0) is 12.2. The highest BCUT2D eigenvalue weighted by atomic mass is 16.1. The molecule has 16 heavy (non-hydrogen) atoms. The Morgan fingerprint density at radius 2 is 1.94 bits per heavy atom. The van der Waals surface area contributed by atoms with Crippen LogP contribution < -0.4 is 11.1 Å². The number of amides is 1. The van der Waals surface area contributed by atoms with Gasteiger partial charge in [0.25, 0.3) is 0 Å². The number of nitrogens with two attached hydrogens (primary N) is 1. The molecule has 0 aromatic carbocycles. The summed E-state index contributed by atoms with van der Waals surface area (Å²) >= 11 is 0. The van der Waals surface area contributed by atoms with Crippen LogP contribution in [-0.4, -0.2) is 18.5 Å². The summed E-state index contributed by atoms with van der Waals surface area (Å²) in [5, 5.41) is 3.18. The van der Waals surface area contributed by atoms with E-state index in [2.05, 4.69) is 26.1 Å². The van der Waals surface area contributed by atoms with Crippen molar-refractivity contribution in [2.45, 2.75) is 58.9 Å². The SMILES string of the molecule is CC(C)(C)C(CCN)NC(=O)C1CCCC1. The molecule has 0 bridgehead atoms. The zero-order valence-corrected chi connectivity index (χ0v) is 10.9. The summed E-state index contributed by atoms with van der Waals surface area (Å²) in [5.74, 6) is 0.494. The quantitative estimate of drug-likeness (QED) is 0.771. The lowest BCUT2D eigenvalue weighted by atomic mass is 9.84. The average molecular weight is 226 g/mol. The Bertz CT molecular complexity index is 227. The van der Waals surface area contributed by atoms with Gasteiger partial charge in [0.15, 0.2) is 0 Å². The number of hydrogen-bond donors (Lipinski definition) is 2. The summed E-state index contributed by atoms with van der Waals surface area (Å²) in [7, 11) is 0. The van der Waals surface area contributed by atoms with Gasteiger partial charge in [-0.25, -0.2) is 0 Å². The fraction of sp³-hybridized carbons (Fsp3) is 0.923. The second-order valence-electron chi connectivity index (χ2n) is 5.99. The van der Waals surface area contributed by atoms with Crippen molar-refractivity contribution in [1.82, 2.24) is 5.32 Å². The van der Waals surface area contributed by atoms with Crippen LogP contribution in [0.15, 0.2) is 0 Å². The van der Waals surface area contributed by atoms with Crippen molar-refractivity contribution < 1.29 is 4.79 Å². The summed E-state index contributed by atoms with van der Waals surface area (Å²) in [6, 6.07) is 0.200. The normalized spacial score (nSPS) is 19.8. The average Bonchev–Trinajstić information content (AvgIpc) is 2.68. The summed E-state index contributed by atoms with van der Waals surface area (Å²) in [4.78, 5) is 12.0. The molecule has 1 fully saturated rings. The van der Waals surface area contributed by atoms with Gasteiger partial charge in [0, 0.05) is 12.0 Å². The monoisotopic (exact) mass is 226 g/mol. The molecule has 0 spiro atoms. The molecule has 1 aliphatic carbocycles. The molecule has 1 rings (SSSR count). The van der Waals surface area contributed by atoms with Gasteiger partial charge in [0.05, 0.1) is 0 Å². The van der Waals surface area contributed by atoms with Gasteiger partial charge >= 0.3 is 0 Å². The first-order chi connectivity index (χ1) is 7.45. The maximum absolute atomic E-state index is 12.0. The molecule has 0 heterocycles. The van der Waals surface area contributed by atoms with E-state index in [4.69, 9.17) is 5.73 Å². The highest BCUT2D eigenvalue weighted by Crippen LogP contribution is 2.27. The second kappa shape index (κ2) is 5.67. The van der Waals surface area contributed by atoms with Crippen LogP contribution in [0.25, 0.3) is 0 Å². The van der Waals surface area contributed by atoms with Crippen molar-refractivity contribution in [2.75, 3.05) is 6.54 Å². The topological polar surface area (TPSA) is 55.1 Å².